The molecule has 0 atom stereocenters. The highest BCUT2D eigenvalue weighted by Gasteiger charge is 2.08. The lowest BCUT2D eigenvalue weighted by Crippen LogP contribution is -1.87. The highest BCUT2D eigenvalue weighted by atomic mass is 35.5. The standard InChI is InChI=1S/C13H9Cl3OS/c14-9-2-4-12(8(5-9)7-17)18-13-6-10(15)1-3-11(13)16/h1-6,17H,7H2. The van der Waals surface area contributed by atoms with Crippen LogP contribution in [-0.4, -0.2) is 5.11 Å². The van der Waals surface area contributed by atoms with Crippen molar-refractivity contribution in [2.45, 2.75) is 16.4 Å². The minimum Gasteiger partial charge on any atom is -0.392 e. The lowest BCUT2D eigenvalue weighted by molar-refractivity contribution is 0.279. The third-order valence-electron chi connectivity index (χ3n) is 2.31. The molecule has 0 aromatic heterocycles. The van der Waals surface area contributed by atoms with E-state index in [4.69, 9.17) is 34.8 Å². The molecule has 0 heterocycles. The van der Waals surface area contributed by atoms with Crippen LogP contribution in [0.15, 0.2) is 46.2 Å². The molecule has 2 aromatic rings. The third-order valence-corrected chi connectivity index (χ3v) is 4.39. The molecule has 2 aromatic carbocycles. The maximum atomic E-state index is 9.31. The number of hydrogen-bond donors (Lipinski definition) is 1. The summed E-state index contributed by atoms with van der Waals surface area (Å²) in [6.45, 7) is -0.0684. The number of rotatable bonds is 3. The Morgan fingerprint density at radius 3 is 2.28 bits per heavy atom. The van der Waals surface area contributed by atoms with Crippen LogP contribution in [0, 0.1) is 0 Å². The molecule has 0 saturated heterocycles. The van der Waals surface area contributed by atoms with E-state index in [0.29, 0.717) is 15.1 Å². The van der Waals surface area contributed by atoms with Crippen LogP contribution in [0.25, 0.3) is 0 Å². The second-order valence-electron chi connectivity index (χ2n) is 3.59. The molecule has 0 spiro atoms. The highest BCUT2D eigenvalue weighted by Crippen LogP contribution is 2.37. The Morgan fingerprint density at radius 1 is 0.889 bits per heavy atom. The summed E-state index contributed by atoms with van der Waals surface area (Å²) >= 11 is 19.4. The largest absolute Gasteiger partial charge is 0.392 e. The smallest absolute Gasteiger partial charge is 0.0693 e. The summed E-state index contributed by atoms with van der Waals surface area (Å²) < 4.78 is 0. The van der Waals surface area contributed by atoms with Gasteiger partial charge in [-0.25, -0.2) is 0 Å². The van der Waals surface area contributed by atoms with Crippen LogP contribution < -0.4 is 0 Å². The molecule has 0 bridgehead atoms. The van der Waals surface area contributed by atoms with Gasteiger partial charge in [0.2, 0.25) is 0 Å². The summed E-state index contributed by atoms with van der Waals surface area (Å²) in [4.78, 5) is 1.76. The van der Waals surface area contributed by atoms with E-state index in [2.05, 4.69) is 0 Å². The van der Waals surface area contributed by atoms with Gasteiger partial charge in [-0.15, -0.1) is 0 Å². The van der Waals surface area contributed by atoms with E-state index in [0.717, 1.165) is 15.4 Å². The zero-order chi connectivity index (χ0) is 13.1. The lowest BCUT2D eigenvalue weighted by Gasteiger charge is -2.09. The fourth-order valence-electron chi connectivity index (χ4n) is 1.45. The van der Waals surface area contributed by atoms with Crippen molar-refractivity contribution < 1.29 is 5.11 Å². The second-order valence-corrected chi connectivity index (χ2v) is 5.95. The van der Waals surface area contributed by atoms with E-state index in [9.17, 15) is 5.11 Å². The Kier molecular flexibility index (Phi) is 4.82. The summed E-state index contributed by atoms with van der Waals surface area (Å²) in [5, 5.41) is 11.2. The molecule has 0 aliphatic heterocycles. The van der Waals surface area contributed by atoms with Gasteiger partial charge in [0, 0.05) is 19.8 Å². The third kappa shape index (κ3) is 3.34. The first-order valence-electron chi connectivity index (χ1n) is 5.12. The summed E-state index contributed by atoms with van der Waals surface area (Å²) in [5.41, 5.74) is 0.767. The van der Waals surface area contributed by atoms with Gasteiger partial charge in [0.25, 0.3) is 0 Å². The van der Waals surface area contributed by atoms with Gasteiger partial charge in [0.1, 0.15) is 0 Å². The first-order valence-corrected chi connectivity index (χ1v) is 7.07. The maximum absolute atomic E-state index is 9.31. The van der Waals surface area contributed by atoms with Crippen LogP contribution in [0.4, 0.5) is 0 Å². The SMILES string of the molecule is OCc1cc(Cl)ccc1Sc1cc(Cl)ccc1Cl. The number of hydrogen-bond acceptors (Lipinski definition) is 2. The molecule has 94 valence electrons. The summed E-state index contributed by atoms with van der Waals surface area (Å²) in [7, 11) is 0. The molecule has 1 nitrogen and oxygen atoms in total. The maximum Gasteiger partial charge on any atom is 0.0693 e. The van der Waals surface area contributed by atoms with E-state index in [1.807, 2.05) is 6.07 Å². The van der Waals surface area contributed by atoms with E-state index in [1.54, 1.807) is 30.3 Å². The molecule has 0 radical (unpaired) electrons. The average molecular weight is 320 g/mol. The normalized spacial score (nSPS) is 10.7. The molecule has 0 saturated carbocycles. The molecule has 0 aliphatic rings. The van der Waals surface area contributed by atoms with Crippen LogP contribution in [0.3, 0.4) is 0 Å². The molecular formula is C13H9Cl3OS. The van der Waals surface area contributed by atoms with Gasteiger partial charge in [-0.1, -0.05) is 46.6 Å². The number of halogens is 3. The van der Waals surface area contributed by atoms with Gasteiger partial charge >= 0.3 is 0 Å². The van der Waals surface area contributed by atoms with Crippen molar-refractivity contribution >= 4 is 46.6 Å². The van der Waals surface area contributed by atoms with Gasteiger partial charge in [0.15, 0.2) is 0 Å². The van der Waals surface area contributed by atoms with Gasteiger partial charge in [-0.3, -0.25) is 0 Å². The molecular weight excluding hydrogens is 311 g/mol. The van der Waals surface area contributed by atoms with Crippen molar-refractivity contribution in [3.8, 4) is 0 Å². The summed E-state index contributed by atoms with van der Waals surface area (Å²) in [6, 6.07) is 10.7. The number of aliphatic hydroxyl groups excluding tert-OH is 1. The Balaban J connectivity index is 2.36. The molecule has 18 heavy (non-hydrogen) atoms. The van der Waals surface area contributed by atoms with Crippen molar-refractivity contribution in [1.29, 1.82) is 0 Å². The first kappa shape index (κ1) is 14.0. The van der Waals surface area contributed by atoms with Gasteiger partial charge in [-0.2, -0.15) is 0 Å². The van der Waals surface area contributed by atoms with Crippen LogP contribution >= 0.6 is 46.6 Å². The quantitative estimate of drug-likeness (QED) is 0.829. The van der Waals surface area contributed by atoms with Crippen molar-refractivity contribution in [2.24, 2.45) is 0 Å². The predicted molar refractivity (Wildman–Crippen MR) is 78.0 cm³/mol. The van der Waals surface area contributed by atoms with Gasteiger partial charge < -0.3 is 5.11 Å². The zero-order valence-electron chi connectivity index (χ0n) is 9.16. The fraction of sp³-hybridized carbons (Fsp3) is 0.0769. The molecule has 5 heteroatoms. The van der Waals surface area contributed by atoms with Crippen molar-refractivity contribution in [3.05, 3.63) is 57.0 Å². The molecule has 0 amide bonds. The minimum absolute atomic E-state index is 0.0684. The van der Waals surface area contributed by atoms with Gasteiger partial charge in [0.05, 0.1) is 11.6 Å². The molecule has 1 N–H and O–H groups in total. The minimum atomic E-state index is -0.0684. The first-order chi connectivity index (χ1) is 8.60. The lowest BCUT2D eigenvalue weighted by atomic mass is 10.2. The highest BCUT2D eigenvalue weighted by molar-refractivity contribution is 7.99. The van der Waals surface area contributed by atoms with Gasteiger partial charge in [-0.05, 0) is 42.0 Å². The Morgan fingerprint density at radius 2 is 1.56 bits per heavy atom. The zero-order valence-corrected chi connectivity index (χ0v) is 12.2. The van der Waals surface area contributed by atoms with E-state index < -0.39 is 0 Å². The number of aliphatic hydroxyl groups is 1. The van der Waals surface area contributed by atoms with Crippen molar-refractivity contribution in [2.75, 3.05) is 0 Å². The Labute approximate surface area is 125 Å². The Hall–Kier alpha value is -0.380. The van der Waals surface area contributed by atoms with E-state index >= 15 is 0 Å². The molecule has 0 aliphatic carbocycles. The second kappa shape index (κ2) is 6.18. The Bertz CT molecular complexity index is 572. The average Bonchev–Trinajstić information content (AvgIpc) is 2.36. The van der Waals surface area contributed by atoms with Crippen LogP contribution in [0.1, 0.15) is 5.56 Å². The summed E-state index contributed by atoms with van der Waals surface area (Å²) in [6.07, 6.45) is 0. The van der Waals surface area contributed by atoms with E-state index in [1.165, 1.54) is 11.8 Å². The number of benzene rings is 2. The van der Waals surface area contributed by atoms with E-state index in [-0.39, 0.29) is 6.61 Å². The molecule has 0 unspecified atom stereocenters. The predicted octanol–water partition coefficient (Wildman–Crippen LogP) is 5.29. The van der Waals surface area contributed by atoms with Crippen LogP contribution in [0.5, 0.6) is 0 Å². The fourth-order valence-corrected chi connectivity index (χ4v) is 3.09. The summed E-state index contributed by atoms with van der Waals surface area (Å²) in [5.74, 6) is 0. The monoisotopic (exact) mass is 318 g/mol. The van der Waals surface area contributed by atoms with Crippen LogP contribution in [0.2, 0.25) is 15.1 Å². The molecule has 2 rings (SSSR count). The topological polar surface area (TPSA) is 20.2 Å². The van der Waals surface area contributed by atoms with Crippen molar-refractivity contribution in [1.82, 2.24) is 0 Å². The van der Waals surface area contributed by atoms with Crippen LogP contribution in [-0.2, 0) is 6.61 Å². The molecule has 0 fully saturated rings. The van der Waals surface area contributed by atoms with Crippen molar-refractivity contribution in [3.63, 3.8) is 0 Å².